The van der Waals surface area contributed by atoms with E-state index in [1.165, 1.54) is 20.6 Å². The first-order valence-electron chi connectivity index (χ1n) is 8.46. The minimum absolute atomic E-state index is 0.195. The van der Waals surface area contributed by atoms with E-state index in [1.54, 1.807) is 11.3 Å². The monoisotopic (exact) mass is 418 g/mol. The summed E-state index contributed by atoms with van der Waals surface area (Å²) in [7, 11) is 4.56. The first-order chi connectivity index (χ1) is 13.1. The van der Waals surface area contributed by atoms with Crippen molar-refractivity contribution in [2.45, 2.75) is 24.8 Å². The highest BCUT2D eigenvalue weighted by Gasteiger charge is 2.37. The Kier molecular flexibility index (Phi) is 5.21. The van der Waals surface area contributed by atoms with Gasteiger partial charge in [0.25, 0.3) is 5.24 Å². The van der Waals surface area contributed by atoms with Gasteiger partial charge < -0.3 is 14.6 Å². The van der Waals surface area contributed by atoms with Crippen molar-refractivity contribution in [1.82, 2.24) is 9.47 Å². The van der Waals surface area contributed by atoms with Gasteiger partial charge in [0.05, 0.1) is 6.54 Å². The zero-order valence-corrected chi connectivity index (χ0v) is 17.1. The van der Waals surface area contributed by atoms with E-state index in [2.05, 4.69) is 4.57 Å². The van der Waals surface area contributed by atoms with E-state index in [-0.39, 0.29) is 5.24 Å². The minimum Gasteiger partial charge on any atom is -0.480 e. The van der Waals surface area contributed by atoms with E-state index >= 15 is 0 Å². The molecule has 0 spiro atoms. The number of rotatable bonds is 4. The first kappa shape index (κ1) is 18.5. The molecule has 27 heavy (non-hydrogen) atoms. The van der Waals surface area contributed by atoms with Crippen molar-refractivity contribution >= 4 is 55.0 Å². The Hall–Kier alpha value is -1.90. The summed E-state index contributed by atoms with van der Waals surface area (Å²) in [6.45, 7) is 0.322. The summed E-state index contributed by atoms with van der Waals surface area (Å²) in [6.07, 6.45) is 0.341. The molecule has 3 heterocycles. The molecule has 0 fully saturated rings. The molecule has 0 saturated heterocycles. The Labute approximate surface area is 168 Å². The number of hydrogen-bond donors (Lipinski definition) is 1. The predicted molar refractivity (Wildman–Crippen MR) is 112 cm³/mol. The van der Waals surface area contributed by atoms with E-state index < -0.39 is 12.0 Å². The van der Waals surface area contributed by atoms with Gasteiger partial charge in [0, 0.05) is 51.5 Å². The molecule has 1 aliphatic rings. The summed E-state index contributed by atoms with van der Waals surface area (Å²) >= 11 is 1.65. The molecule has 3 aromatic rings. The molecule has 1 aliphatic heterocycles. The lowest BCUT2D eigenvalue weighted by molar-refractivity contribution is -0.142. The van der Waals surface area contributed by atoms with Crippen molar-refractivity contribution in [1.29, 1.82) is 0 Å². The molecule has 140 valence electrons. The number of thiophene rings is 1. The van der Waals surface area contributed by atoms with Gasteiger partial charge in [0.2, 0.25) is 0 Å². The molecule has 1 aromatic carbocycles. The van der Waals surface area contributed by atoms with E-state index in [9.17, 15) is 14.7 Å². The molecule has 1 atom stereocenters. The number of carbonyl (C=O) groups excluding carboxylic acids is 1. The fraction of sp³-hybridized carbons (Fsp3) is 0.263. The summed E-state index contributed by atoms with van der Waals surface area (Å²) in [6, 6.07) is 11.2. The Balaban J connectivity index is 1.57. The standard InChI is InChI=1S/C19H18N2O3S3/c1-20-15-7-3-2-6-13(15)14-9-16(18(22)23)21(10-17(14)20)19(24)27-26-11-12-5-4-8-25-12/h2-8,16H,9-11H2,1H3,(H,22,23). The maximum absolute atomic E-state index is 12.8. The van der Waals surface area contributed by atoms with Gasteiger partial charge in [-0.1, -0.05) is 35.1 Å². The second-order valence-corrected chi connectivity index (χ2v) is 9.66. The number of nitrogens with zero attached hydrogens (tertiary/aromatic N) is 2. The number of hydrogen-bond acceptors (Lipinski definition) is 5. The average molecular weight is 419 g/mol. The van der Waals surface area contributed by atoms with Crippen molar-refractivity contribution in [3.63, 3.8) is 0 Å². The molecular weight excluding hydrogens is 400 g/mol. The van der Waals surface area contributed by atoms with Crippen LogP contribution in [0.1, 0.15) is 16.1 Å². The molecule has 1 unspecified atom stereocenters. The van der Waals surface area contributed by atoms with E-state index in [1.807, 2.05) is 48.8 Å². The van der Waals surface area contributed by atoms with Gasteiger partial charge in [-0.25, -0.2) is 4.79 Å². The Bertz CT molecular complexity index is 997. The molecule has 0 bridgehead atoms. The summed E-state index contributed by atoms with van der Waals surface area (Å²) in [4.78, 5) is 27.3. The third kappa shape index (κ3) is 3.49. The molecule has 2 aromatic heterocycles. The lowest BCUT2D eigenvalue weighted by Crippen LogP contribution is -2.47. The number of carboxylic acids is 1. The number of fused-ring (bicyclic) bond motifs is 3. The fourth-order valence-electron chi connectivity index (χ4n) is 3.52. The van der Waals surface area contributed by atoms with Gasteiger partial charge in [-0.05, 0) is 23.1 Å². The molecule has 1 N–H and O–H groups in total. The van der Waals surface area contributed by atoms with Crippen LogP contribution in [0.15, 0.2) is 41.8 Å². The lowest BCUT2D eigenvalue weighted by atomic mass is 9.97. The number of aryl methyl sites for hydroxylation is 1. The van der Waals surface area contributed by atoms with Crippen LogP contribution >= 0.6 is 32.9 Å². The summed E-state index contributed by atoms with van der Waals surface area (Å²) in [5.74, 6) is -0.218. The number of carboxylic acid groups (broad SMARTS) is 1. The van der Waals surface area contributed by atoms with Gasteiger partial charge in [0.1, 0.15) is 6.04 Å². The molecule has 0 saturated carbocycles. The number of aliphatic carboxylic acids is 1. The number of amides is 1. The zero-order chi connectivity index (χ0) is 19.0. The Morgan fingerprint density at radius 1 is 1.26 bits per heavy atom. The highest BCUT2D eigenvalue weighted by atomic mass is 33.1. The number of para-hydroxylation sites is 1. The van der Waals surface area contributed by atoms with E-state index in [0.29, 0.717) is 13.0 Å². The molecule has 8 heteroatoms. The van der Waals surface area contributed by atoms with Crippen molar-refractivity contribution < 1.29 is 14.7 Å². The van der Waals surface area contributed by atoms with E-state index in [0.717, 1.165) is 38.7 Å². The predicted octanol–water partition coefficient (Wildman–Crippen LogP) is 4.75. The molecule has 4 rings (SSSR count). The van der Waals surface area contributed by atoms with Crippen LogP contribution < -0.4 is 0 Å². The smallest absolute Gasteiger partial charge is 0.326 e. The van der Waals surface area contributed by atoms with E-state index in [4.69, 9.17) is 0 Å². The van der Waals surface area contributed by atoms with Gasteiger partial charge in [-0.2, -0.15) is 0 Å². The largest absolute Gasteiger partial charge is 0.480 e. The van der Waals surface area contributed by atoms with Gasteiger partial charge >= 0.3 is 5.97 Å². The lowest BCUT2D eigenvalue weighted by Gasteiger charge is -2.33. The maximum atomic E-state index is 12.8. The Morgan fingerprint density at radius 2 is 2.07 bits per heavy atom. The number of carbonyl (C=O) groups is 2. The maximum Gasteiger partial charge on any atom is 0.326 e. The molecule has 0 radical (unpaired) electrons. The Morgan fingerprint density at radius 3 is 2.81 bits per heavy atom. The van der Waals surface area contributed by atoms with Crippen molar-refractivity contribution in [2.75, 3.05) is 0 Å². The third-order valence-electron chi connectivity index (χ3n) is 4.87. The normalized spacial score (nSPS) is 16.5. The topological polar surface area (TPSA) is 62.5 Å². The van der Waals surface area contributed by atoms with Crippen LogP contribution in [0.25, 0.3) is 10.9 Å². The van der Waals surface area contributed by atoms with Crippen molar-refractivity contribution in [3.8, 4) is 0 Å². The number of benzene rings is 1. The second kappa shape index (κ2) is 7.61. The number of aromatic nitrogens is 1. The van der Waals surface area contributed by atoms with Crippen LogP contribution in [0, 0.1) is 0 Å². The average Bonchev–Trinajstić information content (AvgIpc) is 3.28. The molecular formula is C19H18N2O3S3. The first-order valence-corrected chi connectivity index (χ1v) is 11.7. The summed E-state index contributed by atoms with van der Waals surface area (Å²) < 4.78 is 2.08. The second-order valence-electron chi connectivity index (χ2n) is 6.38. The zero-order valence-electron chi connectivity index (χ0n) is 14.6. The fourth-order valence-corrected chi connectivity index (χ4v) is 6.49. The van der Waals surface area contributed by atoms with Crippen LogP contribution in [-0.2, 0) is 30.6 Å². The molecule has 5 nitrogen and oxygen atoms in total. The van der Waals surface area contributed by atoms with Crippen LogP contribution in [0.5, 0.6) is 0 Å². The van der Waals surface area contributed by atoms with Gasteiger partial charge in [-0.3, -0.25) is 4.79 Å². The minimum atomic E-state index is -0.953. The van der Waals surface area contributed by atoms with Crippen molar-refractivity contribution in [3.05, 3.63) is 57.9 Å². The summed E-state index contributed by atoms with van der Waals surface area (Å²) in [5.41, 5.74) is 3.13. The van der Waals surface area contributed by atoms with Crippen LogP contribution in [-0.4, -0.2) is 31.8 Å². The van der Waals surface area contributed by atoms with Gasteiger partial charge in [0.15, 0.2) is 0 Å². The van der Waals surface area contributed by atoms with Crippen LogP contribution in [0.2, 0.25) is 0 Å². The SMILES string of the molecule is Cn1c2c(c3ccccc31)CC(C(=O)O)N(C(=O)SSCc1cccs1)C2. The quantitative estimate of drug-likeness (QED) is 0.620. The van der Waals surface area contributed by atoms with Gasteiger partial charge in [-0.15, -0.1) is 11.3 Å². The molecule has 0 aliphatic carbocycles. The highest BCUT2D eigenvalue weighted by Crippen LogP contribution is 2.36. The molecule has 1 amide bonds. The van der Waals surface area contributed by atoms with Crippen LogP contribution in [0.4, 0.5) is 4.79 Å². The summed E-state index contributed by atoms with van der Waals surface area (Å²) in [5, 5.41) is 12.6. The van der Waals surface area contributed by atoms with Crippen molar-refractivity contribution in [2.24, 2.45) is 7.05 Å². The highest BCUT2D eigenvalue weighted by molar-refractivity contribution is 8.81. The van der Waals surface area contributed by atoms with Crippen LogP contribution in [0.3, 0.4) is 0 Å². The third-order valence-corrected chi connectivity index (χ3v) is 7.99.